The number of hydrogen-bond donors (Lipinski definition) is 3. The molecule has 37 heavy (non-hydrogen) atoms. The van der Waals surface area contributed by atoms with Crippen LogP contribution < -0.4 is 16.0 Å². The third-order valence-corrected chi connectivity index (χ3v) is 7.09. The lowest BCUT2D eigenvalue weighted by molar-refractivity contribution is 0.453. The molecule has 1 aliphatic heterocycles. The van der Waals surface area contributed by atoms with Crippen LogP contribution in [0, 0.1) is 12.8 Å². The Labute approximate surface area is 220 Å². The zero-order valence-electron chi connectivity index (χ0n) is 22.5. The van der Waals surface area contributed by atoms with Crippen molar-refractivity contribution in [3.05, 3.63) is 83.5 Å². The van der Waals surface area contributed by atoms with Gasteiger partial charge in [-0.15, -0.1) is 0 Å². The summed E-state index contributed by atoms with van der Waals surface area (Å²) in [6.07, 6.45) is 6.50. The monoisotopic (exact) mass is 501 g/mol. The zero-order chi connectivity index (χ0) is 26.4. The molecule has 1 aliphatic rings. The first kappa shape index (κ1) is 26.6. The van der Waals surface area contributed by atoms with Crippen molar-refractivity contribution < 1.29 is 4.39 Å². The van der Waals surface area contributed by atoms with Gasteiger partial charge in [-0.3, -0.25) is 4.39 Å². The van der Waals surface area contributed by atoms with Crippen LogP contribution in [0.4, 0.5) is 15.9 Å². The molecule has 3 N–H and O–H groups in total. The second-order valence-corrected chi connectivity index (χ2v) is 10.5. The van der Waals surface area contributed by atoms with Crippen molar-refractivity contribution in [2.45, 2.75) is 65.3 Å². The van der Waals surface area contributed by atoms with Gasteiger partial charge >= 0.3 is 0 Å². The Kier molecular flexibility index (Phi) is 8.80. The average Bonchev–Trinajstić information content (AvgIpc) is 2.87. The average molecular weight is 502 g/mol. The van der Waals surface area contributed by atoms with Crippen LogP contribution in [0.3, 0.4) is 0 Å². The number of aryl methyl sites for hydroxylation is 3. The second kappa shape index (κ2) is 12.2. The molecule has 0 fully saturated rings. The molecule has 2 aromatic carbocycles. The molecule has 1 atom stereocenters. The number of rotatable bonds is 4. The molecule has 5 nitrogen and oxygen atoms in total. The number of allylic oxidation sites excluding steroid dienone is 1. The number of nitrogens with zero attached hydrogens (tertiary/aromatic N) is 2. The molecule has 3 aromatic rings. The van der Waals surface area contributed by atoms with Crippen molar-refractivity contribution in [1.82, 2.24) is 20.6 Å². The van der Waals surface area contributed by atoms with Crippen molar-refractivity contribution in [2.24, 2.45) is 5.92 Å². The first-order chi connectivity index (χ1) is 17.9. The number of alkyl halides is 1. The van der Waals surface area contributed by atoms with Gasteiger partial charge in [0.05, 0.1) is 18.2 Å². The first-order valence-electron chi connectivity index (χ1n) is 13.4. The fraction of sp³-hybridized carbons (Fsp3) is 0.419. The van der Waals surface area contributed by atoms with Crippen LogP contribution in [0.25, 0.3) is 10.9 Å². The van der Waals surface area contributed by atoms with Gasteiger partial charge in [0.25, 0.3) is 0 Å². The van der Waals surface area contributed by atoms with Crippen molar-refractivity contribution >= 4 is 22.4 Å². The minimum atomic E-state index is -0.313. The SMILES string of the molecule is C=C1Cc2ccc(C)cc2Nc2ncnc3cc(CCCF)c(cc23)CCCCNC(=C)[C@@H](C(C)C)N1. The molecule has 4 rings (SSSR count). The molecule has 2 bridgehead atoms. The van der Waals surface area contributed by atoms with Crippen LogP contribution in [-0.4, -0.2) is 29.2 Å². The number of aromatic nitrogens is 2. The highest BCUT2D eigenvalue weighted by Crippen LogP contribution is 2.30. The molecule has 0 amide bonds. The van der Waals surface area contributed by atoms with Gasteiger partial charge < -0.3 is 16.0 Å². The predicted molar refractivity (Wildman–Crippen MR) is 153 cm³/mol. The molecule has 0 saturated heterocycles. The molecule has 0 aliphatic carbocycles. The normalized spacial score (nSPS) is 17.2. The van der Waals surface area contributed by atoms with E-state index in [4.69, 9.17) is 0 Å². The van der Waals surface area contributed by atoms with Crippen LogP contribution >= 0.6 is 0 Å². The highest BCUT2D eigenvalue weighted by atomic mass is 19.1. The molecular formula is C31H40FN5. The first-order valence-corrected chi connectivity index (χ1v) is 13.4. The van der Waals surface area contributed by atoms with Crippen LogP contribution in [0.5, 0.6) is 0 Å². The van der Waals surface area contributed by atoms with Gasteiger partial charge in [-0.2, -0.15) is 0 Å². The molecule has 196 valence electrons. The zero-order valence-corrected chi connectivity index (χ0v) is 22.5. The predicted octanol–water partition coefficient (Wildman–Crippen LogP) is 6.69. The van der Waals surface area contributed by atoms with E-state index in [9.17, 15) is 4.39 Å². The van der Waals surface area contributed by atoms with Crippen LogP contribution in [0.15, 0.2) is 61.2 Å². The highest BCUT2D eigenvalue weighted by molar-refractivity contribution is 5.92. The Balaban J connectivity index is 1.77. The molecule has 0 spiro atoms. The lowest BCUT2D eigenvalue weighted by Gasteiger charge is -2.28. The Hall–Kier alpha value is -3.41. The summed E-state index contributed by atoms with van der Waals surface area (Å²) in [5, 5.41) is 11.8. The van der Waals surface area contributed by atoms with Crippen molar-refractivity contribution in [3.63, 3.8) is 0 Å². The van der Waals surface area contributed by atoms with Crippen LogP contribution in [0.1, 0.15) is 55.4 Å². The second-order valence-electron chi connectivity index (χ2n) is 10.5. The van der Waals surface area contributed by atoms with E-state index >= 15 is 0 Å². The van der Waals surface area contributed by atoms with Gasteiger partial charge in [-0.1, -0.05) is 39.1 Å². The number of halogens is 1. The van der Waals surface area contributed by atoms with Gasteiger partial charge in [-0.25, -0.2) is 9.97 Å². The standard InChI is InChI=1S/C31H40FN5/c1-20(2)30-23(5)33-14-7-6-9-24-17-27-29(18-25(24)10-8-13-32)34-19-35-31(27)37-28-15-21(3)11-12-26(28)16-22(4)36-30/h11-12,15,17-20,30,33,36H,4-10,13-14,16H2,1-3H3,(H,34,35,37)/t30-/m1/s1. The number of nitrogens with one attached hydrogen (secondary N) is 3. The summed E-state index contributed by atoms with van der Waals surface area (Å²) < 4.78 is 13.1. The van der Waals surface area contributed by atoms with Crippen molar-refractivity contribution in [2.75, 3.05) is 18.5 Å². The third kappa shape index (κ3) is 6.68. The van der Waals surface area contributed by atoms with Crippen molar-refractivity contribution in [3.8, 4) is 0 Å². The maximum absolute atomic E-state index is 13.1. The Morgan fingerprint density at radius 1 is 1.08 bits per heavy atom. The van der Waals surface area contributed by atoms with Gasteiger partial charge in [0.2, 0.25) is 0 Å². The molecule has 0 radical (unpaired) electrons. The van der Waals surface area contributed by atoms with E-state index in [0.29, 0.717) is 18.8 Å². The Morgan fingerprint density at radius 3 is 2.70 bits per heavy atom. The summed E-state index contributed by atoms with van der Waals surface area (Å²) in [7, 11) is 0. The Morgan fingerprint density at radius 2 is 1.92 bits per heavy atom. The van der Waals surface area contributed by atoms with E-state index in [1.165, 1.54) is 16.7 Å². The molecule has 2 heterocycles. The summed E-state index contributed by atoms with van der Waals surface area (Å²) in [5.74, 6) is 1.15. The third-order valence-electron chi connectivity index (χ3n) is 7.09. The van der Waals surface area contributed by atoms with Gasteiger partial charge in [0, 0.05) is 35.4 Å². The molecule has 0 saturated carbocycles. The Bertz CT molecular complexity index is 1270. The van der Waals surface area contributed by atoms with Crippen molar-refractivity contribution in [1.29, 1.82) is 0 Å². The van der Waals surface area contributed by atoms with Crippen LogP contribution in [-0.2, 0) is 19.3 Å². The number of anilines is 2. The van der Waals surface area contributed by atoms with E-state index in [0.717, 1.165) is 71.6 Å². The summed E-state index contributed by atoms with van der Waals surface area (Å²) in [5.41, 5.74) is 8.57. The van der Waals surface area contributed by atoms with Crippen LogP contribution in [0.2, 0.25) is 0 Å². The minimum Gasteiger partial charge on any atom is -0.387 e. The highest BCUT2D eigenvalue weighted by Gasteiger charge is 2.19. The van der Waals surface area contributed by atoms with E-state index in [2.05, 4.69) is 90.2 Å². The van der Waals surface area contributed by atoms with E-state index < -0.39 is 0 Å². The minimum absolute atomic E-state index is 0.0915. The number of benzene rings is 2. The fourth-order valence-corrected chi connectivity index (χ4v) is 5.06. The number of fused-ring (bicyclic) bond motifs is 2. The molecule has 0 unspecified atom stereocenters. The molecule has 6 heteroatoms. The van der Waals surface area contributed by atoms with Gasteiger partial charge in [0.1, 0.15) is 12.1 Å². The summed E-state index contributed by atoms with van der Waals surface area (Å²) in [6, 6.07) is 10.9. The lowest BCUT2D eigenvalue weighted by atomic mass is 9.96. The molecular weight excluding hydrogens is 461 g/mol. The molecule has 1 aromatic heterocycles. The number of hydrogen-bond acceptors (Lipinski definition) is 5. The fourth-order valence-electron chi connectivity index (χ4n) is 5.06. The maximum Gasteiger partial charge on any atom is 0.141 e. The van der Waals surface area contributed by atoms with E-state index in [1.54, 1.807) is 6.33 Å². The topological polar surface area (TPSA) is 61.9 Å². The summed E-state index contributed by atoms with van der Waals surface area (Å²) >= 11 is 0. The van der Waals surface area contributed by atoms with E-state index in [-0.39, 0.29) is 12.7 Å². The quantitative estimate of drug-likeness (QED) is 0.372. The summed E-state index contributed by atoms with van der Waals surface area (Å²) in [4.78, 5) is 9.19. The smallest absolute Gasteiger partial charge is 0.141 e. The van der Waals surface area contributed by atoms with Gasteiger partial charge in [-0.05, 0) is 85.4 Å². The lowest BCUT2D eigenvalue weighted by Crippen LogP contribution is -2.40. The van der Waals surface area contributed by atoms with Gasteiger partial charge in [0.15, 0.2) is 0 Å². The largest absolute Gasteiger partial charge is 0.387 e. The van der Waals surface area contributed by atoms with E-state index in [1.807, 2.05) is 0 Å². The summed E-state index contributed by atoms with van der Waals surface area (Å²) in [6.45, 7) is 15.7. The maximum atomic E-state index is 13.1.